The van der Waals surface area contributed by atoms with Gasteiger partial charge in [0.25, 0.3) is 0 Å². The van der Waals surface area contributed by atoms with Crippen molar-refractivity contribution in [3.05, 3.63) is 0 Å². The van der Waals surface area contributed by atoms with Crippen LogP contribution < -0.4 is 0 Å². The van der Waals surface area contributed by atoms with E-state index in [4.69, 9.17) is 28.4 Å². The Morgan fingerprint density at radius 3 is 2.60 bits per heavy atom. The third-order valence-corrected chi connectivity index (χ3v) is 12.1. The number of nitrogens with zero attached hydrogens (tertiary/aromatic N) is 1. The van der Waals surface area contributed by atoms with Gasteiger partial charge in [0, 0.05) is 64.4 Å². The molecule has 0 radical (unpaired) electrons. The number of piperidine rings is 1. The van der Waals surface area contributed by atoms with E-state index in [0.717, 1.165) is 38.8 Å². The third-order valence-electron chi connectivity index (χ3n) is 12.1. The van der Waals surface area contributed by atoms with Crippen LogP contribution in [0.4, 0.5) is 0 Å². The van der Waals surface area contributed by atoms with Gasteiger partial charge in [-0.1, -0.05) is 13.8 Å². The number of likely N-dealkylation sites (N-methyl/N-ethyl adjacent to an activating group) is 1. The van der Waals surface area contributed by atoms with Crippen molar-refractivity contribution in [2.75, 3.05) is 41.2 Å². The quantitative estimate of drug-likeness (QED) is 0.542. The third kappa shape index (κ3) is 2.24. The second kappa shape index (κ2) is 7.20. The van der Waals surface area contributed by atoms with Gasteiger partial charge in [-0.2, -0.15) is 0 Å². The summed E-state index contributed by atoms with van der Waals surface area (Å²) in [5, 5.41) is 0. The molecule has 5 aliphatic carbocycles. The maximum absolute atomic E-state index is 12.8. The van der Waals surface area contributed by atoms with Crippen LogP contribution in [0.3, 0.4) is 0 Å². The van der Waals surface area contributed by atoms with Crippen molar-refractivity contribution in [2.45, 2.75) is 88.1 Å². The van der Waals surface area contributed by atoms with Crippen LogP contribution in [0.1, 0.15) is 46.5 Å². The summed E-state index contributed by atoms with van der Waals surface area (Å²) < 4.78 is 39.2. The van der Waals surface area contributed by atoms with E-state index in [-0.39, 0.29) is 65.9 Å². The molecule has 2 saturated heterocycles. The van der Waals surface area contributed by atoms with Crippen molar-refractivity contribution < 1.29 is 33.2 Å². The van der Waals surface area contributed by atoms with Gasteiger partial charge in [0.15, 0.2) is 5.60 Å². The second-order valence-corrected chi connectivity index (χ2v) is 12.7. The minimum atomic E-state index is -0.776. The lowest BCUT2D eigenvalue weighted by Crippen LogP contribution is -2.81. The van der Waals surface area contributed by atoms with Gasteiger partial charge < -0.3 is 28.4 Å². The van der Waals surface area contributed by atoms with Gasteiger partial charge in [-0.25, -0.2) is 0 Å². The van der Waals surface area contributed by atoms with Crippen molar-refractivity contribution in [3.8, 4) is 0 Å². The van der Waals surface area contributed by atoms with Gasteiger partial charge in [-0.3, -0.25) is 9.69 Å². The predicted octanol–water partition coefficient (Wildman–Crippen LogP) is 2.24. The molecule has 2 aliphatic heterocycles. The summed E-state index contributed by atoms with van der Waals surface area (Å²) in [5.74, 6) is 0.698. The first-order valence-electron chi connectivity index (χ1n) is 13.6. The van der Waals surface area contributed by atoms with E-state index in [0.29, 0.717) is 11.8 Å². The summed E-state index contributed by atoms with van der Waals surface area (Å²) in [6.45, 7) is 8.34. The smallest absolute Gasteiger partial charge is 0.303 e. The van der Waals surface area contributed by atoms with Crippen LogP contribution in [0.15, 0.2) is 0 Å². The molecule has 0 aromatic carbocycles. The monoisotopic (exact) mass is 491 g/mol. The zero-order chi connectivity index (χ0) is 24.5. The Kier molecular flexibility index (Phi) is 4.81. The molecule has 2 heterocycles. The highest BCUT2D eigenvalue weighted by Gasteiger charge is 2.94. The van der Waals surface area contributed by atoms with Crippen LogP contribution in [-0.4, -0.2) is 93.7 Å². The number of hydrogen-bond acceptors (Lipinski definition) is 8. The molecule has 7 fully saturated rings. The maximum atomic E-state index is 12.8. The van der Waals surface area contributed by atoms with Gasteiger partial charge in [0.2, 0.25) is 0 Å². The number of carbonyl (C=O) groups excluding carboxylic acids is 1. The fraction of sp³-hybridized carbons (Fsp3) is 0.963. The fourth-order valence-corrected chi connectivity index (χ4v) is 11.7. The summed E-state index contributed by atoms with van der Waals surface area (Å²) in [5.41, 5.74) is -1.61. The van der Waals surface area contributed by atoms with E-state index in [9.17, 15) is 4.79 Å². The molecule has 0 aromatic heterocycles. The standard InChI is InChI=1S/C27H41NO7/c1-7-28-12-24(3)9-8-18(31-5)26-16-10-15-17(30-4)11-25(19(16)20(15)32-6)27(23(26)28,34-13-33-25)22(21(24)26)35-14(2)29/h15-23H,7-13H2,1-6H3/t15-,16-,17+,18+,19-,20+,21-,22+,23+,24+,25-,26?,27-/m1/s1. The zero-order valence-corrected chi connectivity index (χ0v) is 22.0. The number of methoxy groups -OCH3 is 3. The zero-order valence-electron chi connectivity index (χ0n) is 22.0. The molecule has 3 spiro atoms. The highest BCUT2D eigenvalue weighted by Crippen LogP contribution is 2.82. The molecule has 5 saturated carbocycles. The Morgan fingerprint density at radius 1 is 1.14 bits per heavy atom. The van der Waals surface area contributed by atoms with Crippen molar-refractivity contribution in [2.24, 2.45) is 34.5 Å². The summed E-state index contributed by atoms with van der Waals surface area (Å²) >= 11 is 0. The molecule has 196 valence electrons. The highest BCUT2D eigenvalue weighted by atomic mass is 16.7. The van der Waals surface area contributed by atoms with Gasteiger partial charge in [0.05, 0.1) is 24.4 Å². The minimum absolute atomic E-state index is 0.00174. The molecule has 7 aliphatic rings. The maximum Gasteiger partial charge on any atom is 0.303 e. The van der Waals surface area contributed by atoms with Crippen LogP contribution in [0.5, 0.6) is 0 Å². The number of likely N-dealkylation sites (tertiary alicyclic amines) is 1. The van der Waals surface area contributed by atoms with E-state index in [1.165, 1.54) is 0 Å². The average Bonchev–Trinajstić information content (AvgIpc) is 3.41. The van der Waals surface area contributed by atoms with Crippen molar-refractivity contribution >= 4 is 5.97 Å². The molecule has 13 atom stereocenters. The number of ether oxygens (including phenoxy) is 6. The SMILES string of the molecule is CCN1C[C@]2(C)CC[C@H](OC)C34[C@@H]5C[C@H]6[C@H](OC)[C@@H]5[C@@]5(C[C@@H]6OC)OCO[C@]5([C@@H](OC(C)=O)[C@@H]32)[C@@H]14. The molecule has 0 amide bonds. The first kappa shape index (κ1) is 23.4. The van der Waals surface area contributed by atoms with Gasteiger partial charge >= 0.3 is 5.97 Å². The summed E-state index contributed by atoms with van der Waals surface area (Å²) in [4.78, 5) is 15.4. The lowest BCUT2D eigenvalue weighted by Gasteiger charge is -2.69. The predicted molar refractivity (Wildman–Crippen MR) is 124 cm³/mol. The molecular formula is C27H41NO7. The van der Waals surface area contributed by atoms with Crippen molar-refractivity contribution in [1.29, 1.82) is 0 Å². The Balaban J connectivity index is 1.57. The van der Waals surface area contributed by atoms with E-state index < -0.39 is 11.2 Å². The molecule has 7 bridgehead atoms. The van der Waals surface area contributed by atoms with Gasteiger partial charge in [0.1, 0.15) is 18.5 Å². The van der Waals surface area contributed by atoms with Crippen LogP contribution in [0.25, 0.3) is 0 Å². The molecule has 35 heavy (non-hydrogen) atoms. The Bertz CT molecular complexity index is 931. The van der Waals surface area contributed by atoms with Crippen LogP contribution >= 0.6 is 0 Å². The van der Waals surface area contributed by atoms with Crippen LogP contribution in [-0.2, 0) is 33.2 Å². The molecule has 7 rings (SSSR count). The molecule has 1 unspecified atom stereocenters. The van der Waals surface area contributed by atoms with Gasteiger partial charge in [-0.15, -0.1) is 0 Å². The summed E-state index contributed by atoms with van der Waals surface area (Å²) in [6.07, 6.45) is 3.57. The number of rotatable bonds is 5. The van der Waals surface area contributed by atoms with Crippen molar-refractivity contribution in [3.63, 3.8) is 0 Å². The normalized spacial score (nSPS) is 59.4. The highest BCUT2D eigenvalue weighted by molar-refractivity contribution is 5.67. The molecule has 0 N–H and O–H groups in total. The second-order valence-electron chi connectivity index (χ2n) is 12.7. The van der Waals surface area contributed by atoms with E-state index >= 15 is 0 Å². The summed E-state index contributed by atoms with van der Waals surface area (Å²) in [7, 11) is 5.52. The van der Waals surface area contributed by atoms with E-state index in [2.05, 4.69) is 18.7 Å². The molecule has 0 aromatic rings. The number of fused-ring (bicyclic) bond motifs is 1. The average molecular weight is 492 g/mol. The largest absolute Gasteiger partial charge is 0.459 e. The van der Waals surface area contributed by atoms with E-state index in [1.807, 2.05) is 21.3 Å². The number of hydrogen-bond donors (Lipinski definition) is 0. The first-order valence-corrected chi connectivity index (χ1v) is 13.6. The summed E-state index contributed by atoms with van der Waals surface area (Å²) in [6, 6.07) is 0.0586. The lowest BCUT2D eigenvalue weighted by molar-refractivity contribution is -0.282. The molecule has 8 heteroatoms. The van der Waals surface area contributed by atoms with Crippen LogP contribution in [0, 0.1) is 34.5 Å². The Hall–Kier alpha value is -0.770. The number of esters is 1. The minimum Gasteiger partial charge on any atom is -0.459 e. The first-order chi connectivity index (χ1) is 16.8. The van der Waals surface area contributed by atoms with E-state index in [1.54, 1.807) is 6.92 Å². The lowest BCUT2D eigenvalue weighted by atomic mass is 9.43. The molecule has 8 nitrogen and oxygen atoms in total. The Morgan fingerprint density at radius 2 is 1.94 bits per heavy atom. The van der Waals surface area contributed by atoms with Crippen molar-refractivity contribution in [1.82, 2.24) is 4.90 Å². The number of carbonyl (C=O) groups is 1. The Labute approximate surface area is 208 Å². The topological polar surface area (TPSA) is 75.7 Å². The van der Waals surface area contributed by atoms with Gasteiger partial charge in [-0.05, 0) is 37.1 Å². The fourth-order valence-electron chi connectivity index (χ4n) is 11.7. The molecular weight excluding hydrogens is 450 g/mol. The van der Waals surface area contributed by atoms with Crippen LogP contribution in [0.2, 0.25) is 0 Å².